The fraction of sp³-hybridized carbons (Fsp3) is 0.182. The van der Waals surface area contributed by atoms with Crippen molar-refractivity contribution in [2.24, 2.45) is 0 Å². The molecule has 1 rings (SSSR count). The fourth-order valence-corrected chi connectivity index (χ4v) is 1.75. The summed E-state index contributed by atoms with van der Waals surface area (Å²) >= 11 is 1.37. The highest BCUT2D eigenvalue weighted by Crippen LogP contribution is 2.23. The predicted molar refractivity (Wildman–Crippen MR) is 59.4 cm³/mol. The fourth-order valence-electron chi connectivity index (χ4n) is 0.980. The zero-order valence-corrected chi connectivity index (χ0v) is 9.16. The van der Waals surface area contributed by atoms with E-state index in [9.17, 15) is 4.79 Å². The molecule has 0 saturated carbocycles. The first kappa shape index (κ1) is 11.8. The average molecular weight is 224 g/mol. The molecule has 0 radical (unpaired) electrons. The molecule has 0 fully saturated rings. The second-order valence-corrected chi connectivity index (χ2v) is 3.66. The molecule has 80 valence electrons. The monoisotopic (exact) mass is 224 g/mol. The first-order chi connectivity index (χ1) is 7.27. The Morgan fingerprint density at radius 2 is 2.27 bits per heavy atom. The first-order valence-corrected chi connectivity index (χ1v) is 5.26. The van der Waals surface area contributed by atoms with E-state index in [1.807, 2.05) is 24.3 Å². The molecule has 1 aromatic carbocycles. The second-order valence-electron chi connectivity index (χ2n) is 2.71. The standard InChI is InChI=1S/C11H12O3S/c1-14-11(13)6-7-15-10-5-3-2-4-9(10)8-12/h2-7,12H,8H2,1H3. The normalized spacial score (nSPS) is 10.5. The minimum atomic E-state index is -0.385. The van der Waals surface area contributed by atoms with Crippen molar-refractivity contribution in [3.8, 4) is 0 Å². The molecule has 0 spiro atoms. The van der Waals surface area contributed by atoms with E-state index in [1.165, 1.54) is 24.9 Å². The number of thioether (sulfide) groups is 1. The van der Waals surface area contributed by atoms with Gasteiger partial charge in [-0.1, -0.05) is 30.0 Å². The third kappa shape index (κ3) is 3.77. The Bertz CT molecular complexity index is 361. The van der Waals surface area contributed by atoms with Gasteiger partial charge in [0.2, 0.25) is 0 Å². The number of carbonyl (C=O) groups is 1. The number of hydrogen-bond acceptors (Lipinski definition) is 4. The van der Waals surface area contributed by atoms with E-state index >= 15 is 0 Å². The highest BCUT2D eigenvalue weighted by molar-refractivity contribution is 8.02. The van der Waals surface area contributed by atoms with Crippen molar-refractivity contribution in [1.29, 1.82) is 0 Å². The van der Waals surface area contributed by atoms with E-state index in [4.69, 9.17) is 5.11 Å². The Hall–Kier alpha value is -1.26. The smallest absolute Gasteiger partial charge is 0.330 e. The number of benzene rings is 1. The van der Waals surface area contributed by atoms with Gasteiger partial charge in [0.05, 0.1) is 13.7 Å². The Balaban J connectivity index is 2.64. The van der Waals surface area contributed by atoms with Crippen molar-refractivity contribution >= 4 is 17.7 Å². The van der Waals surface area contributed by atoms with Crippen LogP contribution >= 0.6 is 11.8 Å². The highest BCUT2D eigenvalue weighted by Gasteiger charge is 1.99. The van der Waals surface area contributed by atoms with Crippen molar-refractivity contribution in [2.45, 2.75) is 11.5 Å². The number of aliphatic hydroxyl groups excluding tert-OH is 1. The van der Waals surface area contributed by atoms with Crippen molar-refractivity contribution in [3.05, 3.63) is 41.3 Å². The molecule has 0 amide bonds. The van der Waals surface area contributed by atoms with Crippen LogP contribution in [0, 0.1) is 0 Å². The van der Waals surface area contributed by atoms with E-state index in [0.717, 1.165) is 10.5 Å². The zero-order valence-electron chi connectivity index (χ0n) is 8.34. The Morgan fingerprint density at radius 1 is 1.53 bits per heavy atom. The van der Waals surface area contributed by atoms with E-state index in [0.29, 0.717) is 0 Å². The van der Waals surface area contributed by atoms with E-state index in [2.05, 4.69) is 4.74 Å². The summed E-state index contributed by atoms with van der Waals surface area (Å²) in [5, 5.41) is 10.7. The van der Waals surface area contributed by atoms with Gasteiger partial charge in [-0.3, -0.25) is 0 Å². The molecule has 15 heavy (non-hydrogen) atoms. The summed E-state index contributed by atoms with van der Waals surface area (Å²) in [7, 11) is 1.33. The van der Waals surface area contributed by atoms with Crippen LogP contribution in [0.1, 0.15) is 5.56 Å². The molecule has 4 heteroatoms. The number of aliphatic hydroxyl groups is 1. The third-order valence-corrected chi connectivity index (χ3v) is 2.67. The number of ether oxygens (including phenoxy) is 1. The molecule has 0 atom stereocenters. The maximum absolute atomic E-state index is 10.8. The quantitative estimate of drug-likeness (QED) is 0.482. The number of methoxy groups -OCH3 is 1. The summed E-state index contributed by atoms with van der Waals surface area (Å²) in [6, 6.07) is 7.47. The van der Waals surface area contributed by atoms with Gasteiger partial charge in [-0.05, 0) is 17.0 Å². The Kier molecular flexibility index (Phi) is 4.93. The lowest BCUT2D eigenvalue weighted by Crippen LogP contribution is -1.92. The molecule has 0 unspecified atom stereocenters. The molecule has 0 bridgehead atoms. The van der Waals surface area contributed by atoms with Crippen molar-refractivity contribution < 1.29 is 14.6 Å². The summed E-state index contributed by atoms with van der Waals surface area (Å²) in [5.41, 5.74) is 0.844. The van der Waals surface area contributed by atoms with Crippen molar-refractivity contribution in [2.75, 3.05) is 7.11 Å². The van der Waals surface area contributed by atoms with E-state index in [1.54, 1.807) is 5.41 Å². The van der Waals surface area contributed by atoms with Gasteiger partial charge in [0, 0.05) is 11.0 Å². The maximum atomic E-state index is 10.8. The van der Waals surface area contributed by atoms with E-state index < -0.39 is 0 Å². The molecule has 0 aliphatic rings. The van der Waals surface area contributed by atoms with Gasteiger partial charge in [0.1, 0.15) is 0 Å². The molecule has 0 saturated heterocycles. The van der Waals surface area contributed by atoms with Gasteiger partial charge >= 0.3 is 5.97 Å². The maximum Gasteiger partial charge on any atom is 0.330 e. The molecule has 3 nitrogen and oxygen atoms in total. The van der Waals surface area contributed by atoms with Crippen LogP contribution in [0.3, 0.4) is 0 Å². The lowest BCUT2D eigenvalue weighted by Gasteiger charge is -2.02. The lowest BCUT2D eigenvalue weighted by molar-refractivity contribution is -0.134. The predicted octanol–water partition coefficient (Wildman–Crippen LogP) is 1.96. The Labute approximate surface area is 92.8 Å². The van der Waals surface area contributed by atoms with Crippen LogP contribution in [0.5, 0.6) is 0 Å². The van der Waals surface area contributed by atoms with Gasteiger partial charge in [-0.25, -0.2) is 4.79 Å². The van der Waals surface area contributed by atoms with Gasteiger partial charge in [-0.15, -0.1) is 0 Å². The first-order valence-electron chi connectivity index (χ1n) is 4.38. The number of esters is 1. The second kappa shape index (κ2) is 6.27. The van der Waals surface area contributed by atoms with E-state index in [-0.39, 0.29) is 12.6 Å². The molecule has 1 aromatic rings. The lowest BCUT2D eigenvalue weighted by atomic mass is 10.2. The van der Waals surface area contributed by atoms with Gasteiger partial charge < -0.3 is 9.84 Å². The average Bonchev–Trinajstić information content (AvgIpc) is 2.29. The summed E-state index contributed by atoms with van der Waals surface area (Å²) in [4.78, 5) is 11.7. The highest BCUT2D eigenvalue weighted by atomic mass is 32.2. The van der Waals surface area contributed by atoms with Crippen LogP contribution in [0.4, 0.5) is 0 Å². The third-order valence-electron chi connectivity index (χ3n) is 1.74. The molecule has 0 heterocycles. The van der Waals surface area contributed by atoms with Gasteiger partial charge in [-0.2, -0.15) is 0 Å². The summed E-state index contributed by atoms with van der Waals surface area (Å²) in [6.07, 6.45) is 1.35. The van der Waals surface area contributed by atoms with Crippen molar-refractivity contribution in [1.82, 2.24) is 0 Å². The van der Waals surface area contributed by atoms with Crippen LogP contribution in [-0.2, 0) is 16.1 Å². The van der Waals surface area contributed by atoms with Crippen LogP contribution in [0.25, 0.3) is 0 Å². The number of hydrogen-bond donors (Lipinski definition) is 1. The number of carbonyl (C=O) groups excluding carboxylic acids is 1. The molecular weight excluding hydrogens is 212 g/mol. The van der Waals surface area contributed by atoms with Crippen LogP contribution < -0.4 is 0 Å². The van der Waals surface area contributed by atoms with Gasteiger partial charge in [0.15, 0.2) is 0 Å². The van der Waals surface area contributed by atoms with Gasteiger partial charge in [0.25, 0.3) is 0 Å². The molecule has 0 aliphatic heterocycles. The summed E-state index contributed by atoms with van der Waals surface area (Å²) in [6.45, 7) is -0.00472. The van der Waals surface area contributed by atoms with Crippen LogP contribution in [-0.4, -0.2) is 18.2 Å². The molecular formula is C11H12O3S. The minimum absolute atomic E-state index is 0.00472. The van der Waals surface area contributed by atoms with Crippen LogP contribution in [0.2, 0.25) is 0 Å². The largest absolute Gasteiger partial charge is 0.466 e. The molecule has 1 N–H and O–H groups in total. The van der Waals surface area contributed by atoms with Crippen LogP contribution in [0.15, 0.2) is 40.6 Å². The van der Waals surface area contributed by atoms with Crippen molar-refractivity contribution in [3.63, 3.8) is 0 Å². The molecule has 0 aromatic heterocycles. The topological polar surface area (TPSA) is 46.5 Å². The summed E-state index contributed by atoms with van der Waals surface area (Å²) < 4.78 is 4.46. The zero-order chi connectivity index (χ0) is 11.1. The Morgan fingerprint density at radius 3 is 2.93 bits per heavy atom. The minimum Gasteiger partial charge on any atom is -0.466 e. The molecule has 0 aliphatic carbocycles. The summed E-state index contributed by atoms with van der Waals surface area (Å²) in [5.74, 6) is -0.385. The SMILES string of the molecule is COC(=O)C=CSc1ccccc1CO. The number of rotatable bonds is 4.